The topological polar surface area (TPSA) is 54.7 Å². The Hall–Kier alpha value is -3.71. The lowest BCUT2D eigenvalue weighted by Gasteiger charge is -2.13. The number of halogens is 2. The first-order chi connectivity index (χ1) is 16.9. The quantitative estimate of drug-likeness (QED) is 0.282. The molecule has 182 valence electrons. The van der Waals surface area contributed by atoms with Gasteiger partial charge in [-0.3, -0.25) is 4.68 Å². The molecule has 35 heavy (non-hydrogen) atoms. The monoisotopic (exact) mass is 496 g/mol. The molecule has 6 nitrogen and oxygen atoms in total. The molecule has 0 N–H and O–H groups in total. The first-order valence-corrected chi connectivity index (χ1v) is 11.2. The molecule has 0 aliphatic carbocycles. The van der Waals surface area contributed by atoms with Crippen molar-refractivity contribution < 1.29 is 23.3 Å². The molecule has 3 aromatic carbocycles. The number of aromatic nitrogens is 2. The van der Waals surface area contributed by atoms with Crippen molar-refractivity contribution >= 4 is 11.6 Å². The standard InChI is InChI=1S/C27H26ClFN2O4/c1-16-26(17-7-10-22(32-2)24(12-17)34-4)30-31(15-19-6-9-20(29)14-21(19)28)27(16)18-8-11-23(33-3)25(13-18)35-5/h6-14H,15H2,1-5H3. The van der Waals surface area contributed by atoms with Gasteiger partial charge in [0.2, 0.25) is 0 Å². The van der Waals surface area contributed by atoms with E-state index in [9.17, 15) is 4.39 Å². The number of hydrogen-bond acceptors (Lipinski definition) is 5. The number of hydrogen-bond donors (Lipinski definition) is 0. The largest absolute Gasteiger partial charge is 0.493 e. The fourth-order valence-electron chi connectivity index (χ4n) is 4.08. The van der Waals surface area contributed by atoms with Crippen molar-refractivity contribution in [3.8, 4) is 45.5 Å². The van der Waals surface area contributed by atoms with Crippen LogP contribution in [-0.4, -0.2) is 38.2 Å². The lowest BCUT2D eigenvalue weighted by atomic mass is 10.0. The minimum atomic E-state index is -0.387. The summed E-state index contributed by atoms with van der Waals surface area (Å²) in [5.41, 5.74) is 5.09. The van der Waals surface area contributed by atoms with Crippen molar-refractivity contribution in [3.05, 3.63) is 76.6 Å². The Kier molecular flexibility index (Phi) is 7.17. The average Bonchev–Trinajstić information content (AvgIpc) is 3.20. The highest BCUT2D eigenvalue weighted by molar-refractivity contribution is 6.31. The van der Waals surface area contributed by atoms with Crippen molar-refractivity contribution in [2.24, 2.45) is 0 Å². The third-order valence-electron chi connectivity index (χ3n) is 5.84. The van der Waals surface area contributed by atoms with Gasteiger partial charge in [-0.2, -0.15) is 5.10 Å². The first kappa shape index (κ1) is 24.4. The van der Waals surface area contributed by atoms with Gasteiger partial charge in [-0.15, -0.1) is 0 Å². The SMILES string of the molecule is COc1ccc(-c2nn(Cc3ccc(F)cc3Cl)c(-c3ccc(OC)c(OC)c3)c2C)cc1OC. The molecule has 0 fully saturated rings. The molecule has 4 aromatic rings. The Morgan fingerprint density at radius 2 is 1.34 bits per heavy atom. The fraction of sp³-hybridized carbons (Fsp3) is 0.222. The van der Waals surface area contributed by atoms with E-state index in [-0.39, 0.29) is 5.82 Å². The number of benzene rings is 3. The van der Waals surface area contributed by atoms with Gasteiger partial charge >= 0.3 is 0 Å². The number of methoxy groups -OCH3 is 4. The number of rotatable bonds is 8. The second-order valence-electron chi connectivity index (χ2n) is 7.86. The molecule has 0 aliphatic rings. The molecule has 0 radical (unpaired) electrons. The maximum absolute atomic E-state index is 13.7. The van der Waals surface area contributed by atoms with Crippen molar-refractivity contribution in [3.63, 3.8) is 0 Å². The first-order valence-electron chi connectivity index (χ1n) is 10.9. The van der Waals surface area contributed by atoms with Crippen LogP contribution in [0.5, 0.6) is 23.0 Å². The van der Waals surface area contributed by atoms with Crippen LogP contribution < -0.4 is 18.9 Å². The second kappa shape index (κ2) is 10.3. The molecule has 0 amide bonds. The van der Waals surface area contributed by atoms with Crippen molar-refractivity contribution in [1.29, 1.82) is 0 Å². The molecule has 0 saturated carbocycles. The van der Waals surface area contributed by atoms with E-state index < -0.39 is 0 Å². The minimum absolute atomic E-state index is 0.337. The fourth-order valence-corrected chi connectivity index (χ4v) is 4.31. The average molecular weight is 497 g/mol. The number of nitrogens with zero attached hydrogens (tertiary/aromatic N) is 2. The highest BCUT2D eigenvalue weighted by atomic mass is 35.5. The van der Waals surface area contributed by atoms with Gasteiger partial charge in [0.05, 0.1) is 46.4 Å². The molecule has 4 rings (SSSR count). The molecule has 0 saturated heterocycles. The summed E-state index contributed by atoms with van der Waals surface area (Å²) in [6.45, 7) is 2.35. The lowest BCUT2D eigenvalue weighted by Crippen LogP contribution is -2.05. The van der Waals surface area contributed by atoms with Gasteiger partial charge in [-0.05, 0) is 61.0 Å². The number of ether oxygens (including phenoxy) is 4. The maximum Gasteiger partial charge on any atom is 0.161 e. The van der Waals surface area contributed by atoms with Gasteiger partial charge < -0.3 is 18.9 Å². The van der Waals surface area contributed by atoms with Gasteiger partial charge in [0.25, 0.3) is 0 Å². The zero-order valence-electron chi connectivity index (χ0n) is 20.2. The second-order valence-corrected chi connectivity index (χ2v) is 8.26. The van der Waals surface area contributed by atoms with Crippen LogP contribution in [0, 0.1) is 12.7 Å². The third-order valence-corrected chi connectivity index (χ3v) is 6.19. The molecule has 8 heteroatoms. The molecule has 0 atom stereocenters. The van der Waals surface area contributed by atoms with E-state index in [4.69, 9.17) is 35.6 Å². The van der Waals surface area contributed by atoms with E-state index >= 15 is 0 Å². The Balaban J connectivity index is 1.91. The smallest absolute Gasteiger partial charge is 0.161 e. The van der Waals surface area contributed by atoms with Crippen LogP contribution in [0.15, 0.2) is 54.6 Å². The van der Waals surface area contributed by atoms with E-state index in [2.05, 4.69) is 0 Å². The van der Waals surface area contributed by atoms with Crippen molar-refractivity contribution in [2.75, 3.05) is 28.4 Å². The van der Waals surface area contributed by atoms with E-state index in [0.29, 0.717) is 34.6 Å². The summed E-state index contributed by atoms with van der Waals surface area (Å²) in [6.07, 6.45) is 0. The molecular formula is C27H26ClFN2O4. The summed E-state index contributed by atoms with van der Waals surface area (Å²) in [4.78, 5) is 0. The Morgan fingerprint density at radius 3 is 1.91 bits per heavy atom. The van der Waals surface area contributed by atoms with E-state index in [1.54, 1.807) is 34.5 Å². The molecular weight excluding hydrogens is 471 g/mol. The Bertz CT molecular complexity index is 1370. The van der Waals surface area contributed by atoms with Crippen LogP contribution in [0.4, 0.5) is 4.39 Å². The zero-order chi connectivity index (χ0) is 25.1. The highest BCUT2D eigenvalue weighted by Gasteiger charge is 2.21. The Morgan fingerprint density at radius 1 is 0.771 bits per heavy atom. The summed E-state index contributed by atoms with van der Waals surface area (Å²) in [6, 6.07) is 15.7. The predicted octanol–water partition coefficient (Wildman–Crippen LogP) is 6.40. The van der Waals surface area contributed by atoms with Gasteiger partial charge in [0.1, 0.15) is 5.82 Å². The van der Waals surface area contributed by atoms with Gasteiger partial charge in [0, 0.05) is 21.7 Å². The van der Waals surface area contributed by atoms with E-state index in [0.717, 1.165) is 33.6 Å². The third kappa shape index (κ3) is 4.77. The maximum atomic E-state index is 13.7. The summed E-state index contributed by atoms with van der Waals surface area (Å²) >= 11 is 6.35. The van der Waals surface area contributed by atoms with Gasteiger partial charge in [-0.25, -0.2) is 4.39 Å². The van der Waals surface area contributed by atoms with E-state index in [1.165, 1.54) is 12.1 Å². The summed E-state index contributed by atoms with van der Waals surface area (Å²) in [5.74, 6) is 2.08. The summed E-state index contributed by atoms with van der Waals surface area (Å²) < 4.78 is 37.3. The molecule has 0 spiro atoms. The molecule has 1 heterocycles. The van der Waals surface area contributed by atoms with Crippen LogP contribution >= 0.6 is 11.6 Å². The van der Waals surface area contributed by atoms with Crippen LogP contribution in [-0.2, 0) is 6.54 Å². The predicted molar refractivity (Wildman–Crippen MR) is 135 cm³/mol. The minimum Gasteiger partial charge on any atom is -0.493 e. The lowest BCUT2D eigenvalue weighted by molar-refractivity contribution is 0.355. The zero-order valence-corrected chi connectivity index (χ0v) is 20.9. The van der Waals surface area contributed by atoms with E-state index in [1.807, 2.05) is 48.0 Å². The summed E-state index contributed by atoms with van der Waals surface area (Å²) in [5, 5.41) is 5.28. The van der Waals surface area contributed by atoms with Gasteiger partial charge in [0.15, 0.2) is 23.0 Å². The van der Waals surface area contributed by atoms with Crippen LogP contribution in [0.1, 0.15) is 11.1 Å². The summed E-state index contributed by atoms with van der Waals surface area (Å²) in [7, 11) is 6.38. The highest BCUT2D eigenvalue weighted by Crippen LogP contribution is 2.39. The van der Waals surface area contributed by atoms with Crippen molar-refractivity contribution in [1.82, 2.24) is 9.78 Å². The van der Waals surface area contributed by atoms with Crippen LogP contribution in [0.25, 0.3) is 22.5 Å². The molecule has 0 aliphatic heterocycles. The Labute approximate surface area is 208 Å². The van der Waals surface area contributed by atoms with Gasteiger partial charge in [-0.1, -0.05) is 17.7 Å². The normalized spacial score (nSPS) is 10.8. The van der Waals surface area contributed by atoms with Crippen LogP contribution in [0.2, 0.25) is 5.02 Å². The molecule has 1 aromatic heterocycles. The van der Waals surface area contributed by atoms with Crippen molar-refractivity contribution in [2.45, 2.75) is 13.5 Å². The molecule has 0 unspecified atom stereocenters. The van der Waals surface area contributed by atoms with Crippen LogP contribution in [0.3, 0.4) is 0 Å². The molecule has 0 bridgehead atoms.